The van der Waals surface area contributed by atoms with Crippen LogP contribution in [0.4, 0.5) is 11.4 Å². The molecular formula is C18H22N2O4S. The second kappa shape index (κ2) is 7.23. The molecule has 0 aliphatic rings. The first kappa shape index (κ1) is 18.9. The van der Waals surface area contributed by atoms with E-state index in [1.54, 1.807) is 0 Å². The van der Waals surface area contributed by atoms with Crippen molar-refractivity contribution in [1.29, 1.82) is 0 Å². The average molecular weight is 362 g/mol. The van der Waals surface area contributed by atoms with Gasteiger partial charge in [-0.2, -0.15) is 0 Å². The van der Waals surface area contributed by atoms with Gasteiger partial charge in [-0.15, -0.1) is 0 Å². The maximum absolute atomic E-state index is 12.0. The largest absolute Gasteiger partial charge is 0.383 e. The molecule has 2 rings (SSSR count). The second-order valence-corrected chi connectivity index (χ2v) is 8.87. The molecule has 0 spiro atoms. The Morgan fingerprint density at radius 3 is 2.32 bits per heavy atom. The van der Waals surface area contributed by atoms with Crippen molar-refractivity contribution < 1.29 is 13.3 Å². The van der Waals surface area contributed by atoms with Crippen LogP contribution in [0.15, 0.2) is 53.4 Å². The molecule has 0 aliphatic heterocycles. The summed E-state index contributed by atoms with van der Waals surface area (Å²) in [5.74, 6) is 0. The maximum atomic E-state index is 12.0. The quantitative estimate of drug-likeness (QED) is 0.599. The van der Waals surface area contributed by atoms with Crippen molar-refractivity contribution >= 4 is 21.2 Å². The number of rotatable bonds is 7. The summed E-state index contributed by atoms with van der Waals surface area (Å²) in [4.78, 5) is 10.2. The molecule has 0 aliphatic carbocycles. The van der Waals surface area contributed by atoms with E-state index in [4.69, 9.17) is 0 Å². The molecule has 6 nitrogen and oxygen atoms in total. The molecule has 0 radical (unpaired) electrons. The van der Waals surface area contributed by atoms with Gasteiger partial charge in [-0.1, -0.05) is 44.2 Å². The number of nitrogens with zero attached hydrogens (tertiary/aromatic N) is 1. The van der Waals surface area contributed by atoms with E-state index in [2.05, 4.69) is 31.3 Å². The lowest BCUT2D eigenvalue weighted by Crippen LogP contribution is -2.26. The molecule has 0 unspecified atom stereocenters. The summed E-state index contributed by atoms with van der Waals surface area (Å²) in [5, 5.41) is 14.0. The highest BCUT2D eigenvalue weighted by Crippen LogP contribution is 2.29. The van der Waals surface area contributed by atoms with Gasteiger partial charge in [0, 0.05) is 24.9 Å². The molecule has 0 heterocycles. The summed E-state index contributed by atoms with van der Waals surface area (Å²) in [7, 11) is -3.58. The van der Waals surface area contributed by atoms with Gasteiger partial charge < -0.3 is 5.32 Å². The lowest BCUT2D eigenvalue weighted by atomic mass is 9.85. The Morgan fingerprint density at radius 2 is 1.76 bits per heavy atom. The predicted molar refractivity (Wildman–Crippen MR) is 98.6 cm³/mol. The van der Waals surface area contributed by atoms with Gasteiger partial charge in [0.05, 0.1) is 15.5 Å². The monoisotopic (exact) mass is 362 g/mol. The molecule has 1 N–H and O–H groups in total. The standard InChI is InChI=1S/C18H22N2O4S/c1-18(2,12-14-7-5-4-6-8-14)13-19-16-10-9-15(20(21)22)11-17(16)25(3,23)24/h4-11,19H,12-13H2,1-3H3. The van der Waals surface area contributed by atoms with Crippen LogP contribution in [0.25, 0.3) is 0 Å². The summed E-state index contributed by atoms with van der Waals surface area (Å²) >= 11 is 0. The smallest absolute Gasteiger partial charge is 0.270 e. The fourth-order valence-corrected chi connectivity index (χ4v) is 3.50. The van der Waals surface area contributed by atoms with Crippen molar-refractivity contribution in [3.05, 3.63) is 64.2 Å². The van der Waals surface area contributed by atoms with Crippen molar-refractivity contribution in [3.8, 4) is 0 Å². The number of anilines is 1. The van der Waals surface area contributed by atoms with E-state index in [9.17, 15) is 18.5 Å². The fourth-order valence-electron chi connectivity index (χ4n) is 2.62. The van der Waals surface area contributed by atoms with Crippen LogP contribution in [-0.2, 0) is 16.3 Å². The number of non-ortho nitro benzene ring substituents is 1. The second-order valence-electron chi connectivity index (χ2n) is 6.89. The van der Waals surface area contributed by atoms with E-state index >= 15 is 0 Å². The Balaban J connectivity index is 2.20. The highest BCUT2D eigenvalue weighted by molar-refractivity contribution is 7.90. The van der Waals surface area contributed by atoms with Crippen molar-refractivity contribution in [2.75, 3.05) is 18.1 Å². The molecule has 0 fully saturated rings. The summed E-state index contributed by atoms with van der Waals surface area (Å²) in [6, 6.07) is 13.9. The van der Waals surface area contributed by atoms with Crippen LogP contribution in [0, 0.1) is 15.5 Å². The summed E-state index contributed by atoms with van der Waals surface area (Å²) < 4.78 is 24.0. The maximum Gasteiger partial charge on any atom is 0.270 e. The highest BCUT2D eigenvalue weighted by Gasteiger charge is 2.22. The normalized spacial score (nSPS) is 12.0. The summed E-state index contributed by atoms with van der Waals surface area (Å²) in [5.41, 5.74) is 1.21. The van der Waals surface area contributed by atoms with Gasteiger partial charge in [0.15, 0.2) is 9.84 Å². The minimum atomic E-state index is -3.58. The number of nitrogens with one attached hydrogen (secondary N) is 1. The Morgan fingerprint density at radius 1 is 1.12 bits per heavy atom. The third-order valence-electron chi connectivity index (χ3n) is 3.86. The van der Waals surface area contributed by atoms with Crippen molar-refractivity contribution in [2.24, 2.45) is 5.41 Å². The summed E-state index contributed by atoms with van der Waals surface area (Å²) in [6.45, 7) is 4.69. The number of benzene rings is 2. The molecule has 0 aromatic heterocycles. The van der Waals surface area contributed by atoms with E-state index < -0.39 is 14.8 Å². The van der Waals surface area contributed by atoms with Crippen LogP contribution in [0.3, 0.4) is 0 Å². The molecule has 2 aromatic rings. The molecule has 7 heteroatoms. The molecule has 2 aromatic carbocycles. The van der Waals surface area contributed by atoms with Crippen molar-refractivity contribution in [1.82, 2.24) is 0 Å². The molecule has 0 saturated heterocycles. The zero-order chi connectivity index (χ0) is 18.7. The molecule has 0 atom stereocenters. The molecule has 25 heavy (non-hydrogen) atoms. The number of hydrogen-bond donors (Lipinski definition) is 1. The zero-order valence-corrected chi connectivity index (χ0v) is 15.3. The molecule has 0 amide bonds. The van der Waals surface area contributed by atoms with Crippen LogP contribution in [0.2, 0.25) is 0 Å². The van der Waals surface area contributed by atoms with Crippen LogP contribution < -0.4 is 5.32 Å². The van der Waals surface area contributed by atoms with Gasteiger partial charge in [0.25, 0.3) is 5.69 Å². The van der Waals surface area contributed by atoms with Gasteiger partial charge in [-0.3, -0.25) is 10.1 Å². The molecular weight excluding hydrogens is 340 g/mol. The SMILES string of the molecule is CC(C)(CNc1ccc([N+](=O)[O-])cc1S(C)(=O)=O)Cc1ccccc1. The van der Waals surface area contributed by atoms with E-state index in [1.165, 1.54) is 17.7 Å². The summed E-state index contributed by atoms with van der Waals surface area (Å²) in [6.07, 6.45) is 1.87. The zero-order valence-electron chi connectivity index (χ0n) is 14.5. The molecule has 134 valence electrons. The Labute approximate surface area is 148 Å². The minimum absolute atomic E-state index is 0.0581. The van der Waals surface area contributed by atoms with Gasteiger partial charge in [0.2, 0.25) is 0 Å². The minimum Gasteiger partial charge on any atom is -0.383 e. The Bertz CT molecular complexity index is 862. The van der Waals surface area contributed by atoms with Crippen molar-refractivity contribution in [3.63, 3.8) is 0 Å². The van der Waals surface area contributed by atoms with Crippen LogP contribution in [0.1, 0.15) is 19.4 Å². The van der Waals surface area contributed by atoms with E-state index in [0.29, 0.717) is 12.2 Å². The predicted octanol–water partition coefficient (Wildman–Crippen LogP) is 3.68. The Kier molecular flexibility index (Phi) is 5.47. The Hall–Kier alpha value is -2.41. The lowest BCUT2D eigenvalue weighted by molar-refractivity contribution is -0.385. The van der Waals surface area contributed by atoms with Crippen LogP contribution in [0.5, 0.6) is 0 Å². The molecule has 0 saturated carbocycles. The van der Waals surface area contributed by atoms with E-state index in [1.807, 2.05) is 18.2 Å². The highest BCUT2D eigenvalue weighted by atomic mass is 32.2. The lowest BCUT2D eigenvalue weighted by Gasteiger charge is -2.26. The molecule has 0 bridgehead atoms. The third kappa shape index (κ3) is 5.29. The van der Waals surface area contributed by atoms with Crippen molar-refractivity contribution in [2.45, 2.75) is 25.2 Å². The fraction of sp³-hybridized carbons (Fsp3) is 0.333. The van der Waals surface area contributed by atoms with Gasteiger partial charge in [0.1, 0.15) is 0 Å². The average Bonchev–Trinajstić information content (AvgIpc) is 2.52. The number of hydrogen-bond acceptors (Lipinski definition) is 5. The van der Waals surface area contributed by atoms with E-state index in [-0.39, 0.29) is 16.0 Å². The number of nitro groups is 1. The first-order chi connectivity index (χ1) is 11.6. The van der Waals surface area contributed by atoms with Gasteiger partial charge >= 0.3 is 0 Å². The third-order valence-corrected chi connectivity index (χ3v) is 5.00. The first-order valence-corrected chi connectivity index (χ1v) is 9.74. The number of nitro benzene ring substituents is 1. The van der Waals surface area contributed by atoms with Crippen LogP contribution in [-0.4, -0.2) is 26.1 Å². The van der Waals surface area contributed by atoms with E-state index in [0.717, 1.165) is 18.7 Å². The van der Waals surface area contributed by atoms with Gasteiger partial charge in [-0.25, -0.2) is 8.42 Å². The first-order valence-electron chi connectivity index (χ1n) is 7.85. The number of sulfone groups is 1. The van der Waals surface area contributed by atoms with Crippen LogP contribution >= 0.6 is 0 Å². The topological polar surface area (TPSA) is 89.3 Å². The van der Waals surface area contributed by atoms with Gasteiger partial charge in [-0.05, 0) is 23.5 Å².